The second-order valence-corrected chi connectivity index (χ2v) is 27.0. The zero-order valence-electron chi connectivity index (χ0n) is 59.5. The molecule has 22 rings (SSSR count). The molecule has 0 bridgehead atoms. The monoisotopic (exact) mass is 1420 g/mol. The van der Waals surface area contributed by atoms with Gasteiger partial charge in [-0.2, -0.15) is 0 Å². The van der Waals surface area contributed by atoms with Crippen LogP contribution in [0.1, 0.15) is 0 Å². The van der Waals surface area contributed by atoms with Crippen LogP contribution in [0.5, 0.6) is 34.5 Å². The van der Waals surface area contributed by atoms with Gasteiger partial charge in [0.05, 0.1) is 0 Å². The lowest BCUT2D eigenvalue weighted by Crippen LogP contribution is -2.02. The van der Waals surface area contributed by atoms with Gasteiger partial charge in [-0.1, -0.05) is 322 Å². The molecule has 0 saturated carbocycles. The summed E-state index contributed by atoms with van der Waals surface area (Å²) in [6, 6.07) is 125. The van der Waals surface area contributed by atoms with Crippen LogP contribution in [0.25, 0.3) is 179 Å². The lowest BCUT2D eigenvalue weighted by molar-refractivity contribution is 0.487. The van der Waals surface area contributed by atoms with Crippen LogP contribution in [0, 0.1) is 0 Å². The highest BCUT2D eigenvalue weighted by Crippen LogP contribution is 2.52. The number of hydrogen-bond acceptors (Lipinski definition) is 12. The van der Waals surface area contributed by atoms with Crippen molar-refractivity contribution in [2.24, 2.45) is 0 Å². The van der Waals surface area contributed by atoms with Crippen molar-refractivity contribution in [1.29, 1.82) is 0 Å². The molecule has 0 N–H and O–H groups in total. The third kappa shape index (κ3) is 12.4. The smallest absolute Gasteiger partial charge is 0.164 e. The molecule has 0 atom stereocenters. The summed E-state index contributed by atoms with van der Waals surface area (Å²) in [5, 5.41) is 6.57. The Morgan fingerprint density at radius 2 is 0.423 bits per heavy atom. The minimum absolute atomic E-state index is 0.615. The van der Waals surface area contributed by atoms with E-state index in [1.54, 1.807) is 0 Å². The van der Waals surface area contributed by atoms with Crippen molar-refractivity contribution < 1.29 is 14.2 Å². The molecule has 0 saturated heterocycles. The molecule has 0 aliphatic carbocycles. The van der Waals surface area contributed by atoms with Crippen LogP contribution in [0.2, 0.25) is 0 Å². The number of ether oxygens (including phenoxy) is 3. The van der Waals surface area contributed by atoms with Crippen LogP contribution in [-0.2, 0) is 0 Å². The zero-order valence-corrected chi connectivity index (χ0v) is 59.5. The van der Waals surface area contributed by atoms with Gasteiger partial charge in [0.2, 0.25) is 0 Å². The number of hydrogen-bond donors (Lipinski definition) is 0. The van der Waals surface area contributed by atoms with E-state index in [4.69, 9.17) is 59.1 Å². The summed E-state index contributed by atoms with van der Waals surface area (Å²) in [6.07, 6.45) is 0. The summed E-state index contributed by atoms with van der Waals surface area (Å²) in [6.45, 7) is 0. The zero-order chi connectivity index (χ0) is 73.6. The van der Waals surface area contributed by atoms with Crippen molar-refractivity contribution in [3.8, 4) is 181 Å². The molecule has 12 heteroatoms. The predicted molar refractivity (Wildman–Crippen MR) is 443 cm³/mol. The first-order valence-corrected chi connectivity index (χ1v) is 36.7. The normalized spacial score (nSPS) is 11.6. The summed E-state index contributed by atoms with van der Waals surface area (Å²) < 4.78 is 19.0. The lowest BCUT2D eigenvalue weighted by atomic mass is 9.89. The van der Waals surface area contributed by atoms with Gasteiger partial charge in [-0.05, 0) is 92.5 Å². The van der Waals surface area contributed by atoms with E-state index in [0.717, 1.165) is 150 Å². The van der Waals surface area contributed by atoms with E-state index in [0.29, 0.717) is 52.4 Å². The first-order chi connectivity index (χ1) is 55.0. The predicted octanol–water partition coefficient (Wildman–Crippen LogP) is 25.1. The van der Waals surface area contributed by atoms with Crippen LogP contribution in [0.3, 0.4) is 0 Å². The first kappa shape index (κ1) is 65.3. The topological polar surface area (TPSA) is 144 Å². The molecule has 520 valence electrons. The molecule has 6 heterocycles. The largest absolute Gasteiger partial charge is 0.456 e. The van der Waals surface area contributed by atoms with E-state index < -0.39 is 0 Å². The third-order valence-corrected chi connectivity index (χ3v) is 20.2. The van der Waals surface area contributed by atoms with E-state index >= 15 is 0 Å². The Labute approximate surface area is 639 Å². The van der Waals surface area contributed by atoms with E-state index in [9.17, 15) is 0 Å². The van der Waals surface area contributed by atoms with E-state index in [2.05, 4.69) is 115 Å². The van der Waals surface area contributed by atoms with Gasteiger partial charge in [0.1, 0.15) is 34.5 Å². The molecule has 3 aromatic heterocycles. The van der Waals surface area contributed by atoms with Crippen molar-refractivity contribution in [2.75, 3.05) is 0 Å². The molecule has 0 radical (unpaired) electrons. The maximum atomic E-state index is 6.37. The summed E-state index contributed by atoms with van der Waals surface area (Å²) in [5.74, 6) is 10.9. The number of para-hydroxylation sites is 3. The maximum absolute atomic E-state index is 6.37. The van der Waals surface area contributed by atoms with Gasteiger partial charge in [-0.3, -0.25) is 0 Å². The summed E-state index contributed by atoms with van der Waals surface area (Å²) >= 11 is 0. The fourth-order valence-corrected chi connectivity index (χ4v) is 15.0. The Bertz CT molecular complexity index is 6620. The summed E-state index contributed by atoms with van der Waals surface area (Å²) in [7, 11) is 0. The van der Waals surface area contributed by atoms with Gasteiger partial charge in [-0.15, -0.1) is 0 Å². The second kappa shape index (κ2) is 28.2. The van der Waals surface area contributed by atoms with Gasteiger partial charge < -0.3 is 14.2 Å². The van der Waals surface area contributed by atoms with Crippen LogP contribution >= 0.6 is 0 Å². The number of benzene rings is 16. The molecule has 16 aromatic carbocycles. The van der Waals surface area contributed by atoms with Crippen LogP contribution < -0.4 is 14.2 Å². The quantitative estimate of drug-likeness (QED) is 0.129. The lowest BCUT2D eigenvalue weighted by Gasteiger charge is -2.23. The highest BCUT2D eigenvalue weighted by atomic mass is 16.5. The Hall–Kier alpha value is -15.3. The standard InChI is InChI=1S/C37H23N3O.2C31H19N3O/c1-3-12-24(13-4-1)35-38-36(25-14-5-2-6-15-25)40-37(39-35)31-18-8-7-16-26(31)27-22-23-33-34-29(27)19-11-20-30(34)28-17-9-10-21-32(28)41-33;1-3-10-20(11-4-1)29-32-30(21-12-5-2-6-13-21)34-31(33-29)23-18-22-14-9-16-25-24-15-7-8-17-26(24)35-27(19-23)28(22)25;1-3-10-20(11-4-1)29-32-30(21-12-5-2-6-13-21)34-31(33-29)25-18-19-27-28-23(15-9-16-24(25)28)22-14-7-8-17-26(22)35-27/h1-23H;2*1-19H. The van der Waals surface area contributed by atoms with E-state index in [-0.39, 0.29) is 0 Å². The molecule has 0 amide bonds. The van der Waals surface area contributed by atoms with Crippen molar-refractivity contribution in [3.05, 3.63) is 370 Å². The molecule has 12 nitrogen and oxygen atoms in total. The number of nitrogens with zero attached hydrogens (tertiary/aromatic N) is 9. The number of fused-ring (bicyclic) bond motifs is 6. The summed E-state index contributed by atoms with van der Waals surface area (Å²) in [4.78, 5) is 44.2. The van der Waals surface area contributed by atoms with Crippen LogP contribution in [0.15, 0.2) is 370 Å². The van der Waals surface area contributed by atoms with Crippen molar-refractivity contribution >= 4 is 32.3 Å². The number of rotatable bonds is 10. The van der Waals surface area contributed by atoms with Gasteiger partial charge in [0, 0.05) is 82.9 Å². The van der Waals surface area contributed by atoms with Gasteiger partial charge in [-0.25, -0.2) is 44.9 Å². The third-order valence-electron chi connectivity index (χ3n) is 20.2. The highest BCUT2D eigenvalue weighted by Gasteiger charge is 2.27. The van der Waals surface area contributed by atoms with Crippen LogP contribution in [-0.4, -0.2) is 44.9 Å². The minimum Gasteiger partial charge on any atom is -0.456 e. The first-order valence-electron chi connectivity index (χ1n) is 36.7. The Morgan fingerprint density at radius 1 is 0.144 bits per heavy atom. The average molecular weight is 1420 g/mol. The van der Waals surface area contributed by atoms with Crippen molar-refractivity contribution in [1.82, 2.24) is 44.9 Å². The molecule has 3 aliphatic rings. The molecule has 0 unspecified atom stereocenters. The molecular weight excluding hydrogens is 1360 g/mol. The summed E-state index contributed by atoms with van der Waals surface area (Å²) in [5.41, 5.74) is 17.5. The number of aromatic nitrogens is 9. The molecular formula is C99H61N9O3. The van der Waals surface area contributed by atoms with E-state index in [1.807, 2.05) is 255 Å². The average Bonchev–Trinajstić information content (AvgIpc) is 0.739. The van der Waals surface area contributed by atoms with Crippen LogP contribution in [0.4, 0.5) is 0 Å². The Balaban J connectivity index is 0.000000109. The molecule has 0 spiro atoms. The Kier molecular flexibility index (Phi) is 16.6. The van der Waals surface area contributed by atoms with Gasteiger partial charge in [0.15, 0.2) is 52.4 Å². The molecule has 19 aromatic rings. The maximum Gasteiger partial charge on any atom is 0.164 e. The fraction of sp³-hybridized carbons (Fsp3) is 0. The van der Waals surface area contributed by atoms with Gasteiger partial charge in [0.25, 0.3) is 0 Å². The SMILES string of the molecule is c1ccc(-c2nc(-c3ccccc3)nc(-c3cc4c5c(cccc5c3)-c3ccccc3O4)n2)cc1.c1ccc(-c2nc(-c3ccccc3)nc(-c3ccc4c5c(cccc35)-c3ccccc3O4)n2)cc1.c1ccc(-c2nc(-c3ccccc3)nc(-c3ccccc3-c3ccc4c5c(cccc35)-c3ccccc3O4)n2)cc1. The van der Waals surface area contributed by atoms with Crippen molar-refractivity contribution in [3.63, 3.8) is 0 Å². The van der Waals surface area contributed by atoms with Crippen molar-refractivity contribution in [2.45, 2.75) is 0 Å². The second-order valence-electron chi connectivity index (χ2n) is 27.0. The Morgan fingerprint density at radius 3 is 0.820 bits per heavy atom. The fourth-order valence-electron chi connectivity index (χ4n) is 15.0. The molecule has 111 heavy (non-hydrogen) atoms. The molecule has 0 fully saturated rings. The van der Waals surface area contributed by atoms with Gasteiger partial charge >= 0.3 is 0 Å². The van der Waals surface area contributed by atoms with E-state index in [1.165, 1.54) is 11.1 Å². The minimum atomic E-state index is 0.615. The highest BCUT2D eigenvalue weighted by molar-refractivity contribution is 6.12. The molecule has 3 aliphatic heterocycles.